The summed E-state index contributed by atoms with van der Waals surface area (Å²) in [5.41, 5.74) is 0.459. The Hall–Kier alpha value is -1.99. The number of anilines is 1. The number of nitrogens with zero attached hydrogens (tertiary/aromatic N) is 2. The maximum Gasteiger partial charge on any atom is 0.228 e. The topological polar surface area (TPSA) is 73.2 Å². The molecule has 1 fully saturated rings. The molecule has 0 bridgehead atoms. The Bertz CT molecular complexity index is 798. The van der Waals surface area contributed by atoms with E-state index in [2.05, 4.69) is 10.4 Å². The Kier molecular flexibility index (Phi) is 6.67. The lowest BCUT2D eigenvalue weighted by Crippen LogP contribution is -2.36. The molecule has 152 valence electrons. The number of rotatable bonds is 8. The van der Waals surface area contributed by atoms with Gasteiger partial charge in [-0.3, -0.25) is 14.3 Å². The van der Waals surface area contributed by atoms with Crippen molar-refractivity contribution in [3.63, 3.8) is 0 Å². The summed E-state index contributed by atoms with van der Waals surface area (Å²) in [5, 5.41) is 9.21. The fourth-order valence-corrected chi connectivity index (χ4v) is 4.36. The summed E-state index contributed by atoms with van der Waals surface area (Å²) < 4.78 is 7.24. The van der Waals surface area contributed by atoms with E-state index < -0.39 is 0 Å². The molecule has 2 aromatic rings. The van der Waals surface area contributed by atoms with Gasteiger partial charge in [-0.25, -0.2) is 0 Å². The van der Waals surface area contributed by atoms with Gasteiger partial charge in [0, 0.05) is 31.7 Å². The van der Waals surface area contributed by atoms with Gasteiger partial charge in [-0.15, -0.1) is 11.3 Å². The van der Waals surface area contributed by atoms with Crippen LogP contribution >= 0.6 is 11.3 Å². The lowest BCUT2D eigenvalue weighted by atomic mass is 9.76. The van der Waals surface area contributed by atoms with Gasteiger partial charge in [-0.05, 0) is 44.6 Å². The molecule has 1 saturated carbocycles. The van der Waals surface area contributed by atoms with E-state index >= 15 is 0 Å². The van der Waals surface area contributed by atoms with Gasteiger partial charge in [0.05, 0.1) is 22.4 Å². The van der Waals surface area contributed by atoms with Crippen LogP contribution in [0, 0.1) is 11.8 Å². The number of aryl methyl sites for hydroxylation is 1. The first-order chi connectivity index (χ1) is 13.4. The second-order valence-electron chi connectivity index (χ2n) is 8.03. The second kappa shape index (κ2) is 9.01. The third kappa shape index (κ3) is 5.08. The molecule has 1 aliphatic rings. The predicted molar refractivity (Wildman–Crippen MR) is 111 cm³/mol. The Morgan fingerprint density at radius 2 is 2.07 bits per heavy atom. The van der Waals surface area contributed by atoms with Crippen LogP contribution < -0.4 is 5.32 Å². The monoisotopic (exact) mass is 403 g/mol. The number of amides is 1. The van der Waals surface area contributed by atoms with Gasteiger partial charge in [-0.1, -0.05) is 18.9 Å². The van der Waals surface area contributed by atoms with E-state index in [1.54, 1.807) is 13.3 Å². The summed E-state index contributed by atoms with van der Waals surface area (Å²) in [6.45, 7) is 4.78. The highest BCUT2D eigenvalue weighted by Crippen LogP contribution is 2.34. The van der Waals surface area contributed by atoms with Gasteiger partial charge in [-0.2, -0.15) is 5.10 Å². The molecule has 1 aliphatic carbocycles. The highest BCUT2D eigenvalue weighted by atomic mass is 32.1. The zero-order valence-corrected chi connectivity index (χ0v) is 17.6. The summed E-state index contributed by atoms with van der Waals surface area (Å²) in [5.74, 6) is -0.484. The SMILES string of the molecule is COC(C)(C)CCn1cc(NC(=O)C2CCCCC2C(=O)c2cccs2)cn1. The van der Waals surface area contributed by atoms with Gasteiger partial charge in [0.1, 0.15) is 0 Å². The molecule has 1 N–H and O–H groups in total. The molecule has 2 unspecified atom stereocenters. The van der Waals surface area contributed by atoms with E-state index in [4.69, 9.17) is 4.74 Å². The number of carbonyl (C=O) groups excluding carboxylic acids is 2. The summed E-state index contributed by atoms with van der Waals surface area (Å²) >= 11 is 1.45. The number of Topliss-reactive ketones (excluding diaryl/α,β-unsaturated/α-hetero) is 1. The molecule has 2 heterocycles. The number of carbonyl (C=O) groups is 2. The van der Waals surface area contributed by atoms with E-state index in [0.717, 1.165) is 37.0 Å². The van der Waals surface area contributed by atoms with E-state index in [1.807, 2.05) is 42.2 Å². The zero-order valence-electron chi connectivity index (χ0n) is 16.8. The maximum absolute atomic E-state index is 12.9. The number of ether oxygens (including phenoxy) is 1. The molecular formula is C21H29N3O3S. The van der Waals surface area contributed by atoms with Gasteiger partial charge in [0.2, 0.25) is 5.91 Å². The van der Waals surface area contributed by atoms with Crippen LogP contribution in [0.3, 0.4) is 0 Å². The van der Waals surface area contributed by atoms with Crippen molar-refractivity contribution in [2.45, 2.75) is 58.1 Å². The molecule has 6 nitrogen and oxygen atoms in total. The van der Waals surface area contributed by atoms with Gasteiger partial charge < -0.3 is 10.1 Å². The highest BCUT2D eigenvalue weighted by Gasteiger charge is 2.36. The number of thiophene rings is 1. The van der Waals surface area contributed by atoms with Crippen LogP contribution in [0.5, 0.6) is 0 Å². The van der Waals surface area contributed by atoms with Crippen molar-refractivity contribution in [3.05, 3.63) is 34.8 Å². The minimum absolute atomic E-state index is 0.0774. The van der Waals surface area contributed by atoms with Gasteiger partial charge in [0.25, 0.3) is 0 Å². The molecular weight excluding hydrogens is 374 g/mol. The van der Waals surface area contributed by atoms with Crippen molar-refractivity contribution in [1.82, 2.24) is 9.78 Å². The Morgan fingerprint density at radius 3 is 2.75 bits per heavy atom. The van der Waals surface area contributed by atoms with Crippen molar-refractivity contribution in [1.29, 1.82) is 0 Å². The Labute approximate surface area is 170 Å². The summed E-state index contributed by atoms with van der Waals surface area (Å²) in [6.07, 6.45) is 7.83. The summed E-state index contributed by atoms with van der Waals surface area (Å²) in [7, 11) is 1.70. The molecule has 28 heavy (non-hydrogen) atoms. The number of ketones is 1. The minimum atomic E-state index is -0.279. The molecule has 0 aliphatic heterocycles. The third-order valence-corrected chi connectivity index (χ3v) is 6.48. The van der Waals surface area contributed by atoms with Crippen LogP contribution in [-0.4, -0.2) is 34.2 Å². The van der Waals surface area contributed by atoms with E-state index in [9.17, 15) is 9.59 Å². The molecule has 0 spiro atoms. The normalized spacial score (nSPS) is 20.1. The Morgan fingerprint density at radius 1 is 1.32 bits per heavy atom. The summed E-state index contributed by atoms with van der Waals surface area (Å²) in [4.78, 5) is 26.5. The molecule has 3 rings (SSSR count). The van der Waals surface area contributed by atoms with Crippen LogP contribution in [0.2, 0.25) is 0 Å². The second-order valence-corrected chi connectivity index (χ2v) is 8.98. The van der Waals surface area contributed by atoms with Crippen LogP contribution in [-0.2, 0) is 16.1 Å². The zero-order chi connectivity index (χ0) is 20.1. The van der Waals surface area contributed by atoms with Crippen molar-refractivity contribution in [3.8, 4) is 0 Å². The summed E-state index contributed by atoms with van der Waals surface area (Å²) in [6, 6.07) is 3.73. The standard InChI is InChI=1S/C21H29N3O3S/c1-21(2,27-3)10-11-24-14-15(13-22-24)23-20(26)17-8-5-4-7-16(17)19(25)18-9-6-12-28-18/h6,9,12-14,16-17H,4-5,7-8,10-11H2,1-3H3,(H,23,26). The fraction of sp³-hybridized carbons (Fsp3) is 0.571. The molecule has 0 aromatic carbocycles. The molecule has 0 radical (unpaired) electrons. The minimum Gasteiger partial charge on any atom is -0.379 e. The quantitative estimate of drug-likeness (QED) is 0.664. The van der Waals surface area contributed by atoms with Crippen LogP contribution in [0.25, 0.3) is 0 Å². The molecule has 1 amide bonds. The van der Waals surface area contributed by atoms with Crippen molar-refractivity contribution >= 4 is 28.7 Å². The third-order valence-electron chi connectivity index (χ3n) is 5.60. The molecule has 2 atom stereocenters. The van der Waals surface area contributed by atoms with Crippen molar-refractivity contribution in [2.75, 3.05) is 12.4 Å². The first-order valence-electron chi connectivity index (χ1n) is 9.86. The van der Waals surface area contributed by atoms with Gasteiger partial charge >= 0.3 is 0 Å². The predicted octanol–water partition coefficient (Wildman–Crippen LogP) is 4.39. The average Bonchev–Trinajstić information content (AvgIpc) is 3.38. The van der Waals surface area contributed by atoms with E-state index in [1.165, 1.54) is 11.3 Å². The van der Waals surface area contributed by atoms with Crippen LogP contribution in [0.15, 0.2) is 29.9 Å². The first kappa shape index (κ1) is 20.7. The number of hydrogen-bond donors (Lipinski definition) is 1. The number of aromatic nitrogens is 2. The van der Waals surface area contributed by atoms with Gasteiger partial charge in [0.15, 0.2) is 5.78 Å². The van der Waals surface area contributed by atoms with Crippen LogP contribution in [0.4, 0.5) is 5.69 Å². The smallest absolute Gasteiger partial charge is 0.228 e. The fourth-order valence-electron chi connectivity index (χ4n) is 3.63. The molecule has 7 heteroatoms. The first-order valence-corrected chi connectivity index (χ1v) is 10.7. The number of nitrogens with one attached hydrogen (secondary N) is 1. The highest BCUT2D eigenvalue weighted by molar-refractivity contribution is 7.12. The largest absolute Gasteiger partial charge is 0.379 e. The number of methoxy groups -OCH3 is 1. The van der Waals surface area contributed by atoms with E-state index in [0.29, 0.717) is 12.2 Å². The maximum atomic E-state index is 12.9. The average molecular weight is 404 g/mol. The lowest BCUT2D eigenvalue weighted by molar-refractivity contribution is -0.121. The van der Waals surface area contributed by atoms with Crippen molar-refractivity contribution in [2.24, 2.45) is 11.8 Å². The number of hydrogen-bond acceptors (Lipinski definition) is 5. The molecule has 2 aromatic heterocycles. The lowest BCUT2D eigenvalue weighted by Gasteiger charge is -2.29. The molecule has 0 saturated heterocycles. The Balaban J connectivity index is 1.62. The van der Waals surface area contributed by atoms with Crippen LogP contribution in [0.1, 0.15) is 55.6 Å². The van der Waals surface area contributed by atoms with Crippen molar-refractivity contribution < 1.29 is 14.3 Å². The van der Waals surface area contributed by atoms with E-state index in [-0.39, 0.29) is 29.1 Å².